The maximum absolute atomic E-state index is 12.5. The van der Waals surface area contributed by atoms with Crippen LogP contribution in [0.15, 0.2) is 0 Å². The molecule has 2 spiro atoms. The van der Waals surface area contributed by atoms with Gasteiger partial charge in [-0.15, -0.1) is 0 Å². The van der Waals surface area contributed by atoms with E-state index in [9.17, 15) is 4.79 Å². The molecule has 2 saturated heterocycles. The smallest absolute Gasteiger partial charge is 0.312 e. The standard InChI is InChI=1S/C15H22O4/c1-13(2)10-4-7-17-12(16)14(10)5-3-6-15(11(13)14)18-8-9-19-15/h10-11H,3-9H2,1-2H3/t10?,11-,14-/m1/s1. The molecule has 4 nitrogen and oxygen atoms in total. The van der Waals surface area contributed by atoms with E-state index in [1.807, 2.05) is 0 Å². The summed E-state index contributed by atoms with van der Waals surface area (Å²) < 4.78 is 17.4. The predicted molar refractivity (Wildman–Crippen MR) is 67.3 cm³/mol. The lowest BCUT2D eigenvalue weighted by atomic mass is 9.34. The van der Waals surface area contributed by atoms with Crippen LogP contribution in [0.1, 0.15) is 39.5 Å². The number of ether oxygens (including phenoxy) is 3. The Bertz CT molecular complexity index is 424. The van der Waals surface area contributed by atoms with Crippen LogP contribution in [0.3, 0.4) is 0 Å². The van der Waals surface area contributed by atoms with Crippen molar-refractivity contribution in [2.75, 3.05) is 19.8 Å². The van der Waals surface area contributed by atoms with E-state index in [0.717, 1.165) is 25.7 Å². The second kappa shape index (κ2) is 3.53. The summed E-state index contributed by atoms with van der Waals surface area (Å²) in [6.07, 6.45) is 3.85. The predicted octanol–water partition coefficient (Wildman–Crippen LogP) is 2.12. The van der Waals surface area contributed by atoms with Crippen molar-refractivity contribution in [2.24, 2.45) is 22.7 Å². The molecule has 0 amide bonds. The summed E-state index contributed by atoms with van der Waals surface area (Å²) in [4.78, 5) is 12.5. The van der Waals surface area contributed by atoms with Crippen molar-refractivity contribution in [1.82, 2.24) is 0 Å². The molecule has 0 bridgehead atoms. The summed E-state index contributed by atoms with van der Waals surface area (Å²) in [5.74, 6) is 0.0678. The van der Waals surface area contributed by atoms with Gasteiger partial charge in [-0.3, -0.25) is 4.79 Å². The molecule has 4 rings (SSSR count). The van der Waals surface area contributed by atoms with Gasteiger partial charge in [0, 0.05) is 12.3 Å². The largest absolute Gasteiger partial charge is 0.465 e. The summed E-state index contributed by atoms with van der Waals surface area (Å²) in [5, 5.41) is 0. The third kappa shape index (κ3) is 1.21. The van der Waals surface area contributed by atoms with E-state index in [1.54, 1.807) is 0 Å². The zero-order chi connectivity index (χ0) is 13.3. The van der Waals surface area contributed by atoms with Crippen LogP contribution in [0.5, 0.6) is 0 Å². The lowest BCUT2D eigenvalue weighted by molar-refractivity contribution is -0.351. The molecule has 4 aliphatic rings. The number of carbonyl (C=O) groups excluding carboxylic acids is 1. The number of cyclic esters (lactones) is 1. The normalized spacial score (nSPS) is 46.1. The van der Waals surface area contributed by atoms with Crippen LogP contribution in [0, 0.1) is 22.7 Å². The van der Waals surface area contributed by atoms with Gasteiger partial charge < -0.3 is 14.2 Å². The number of carbonyl (C=O) groups is 1. The van der Waals surface area contributed by atoms with Gasteiger partial charge in [-0.1, -0.05) is 13.8 Å². The number of hydrogen-bond acceptors (Lipinski definition) is 4. The van der Waals surface area contributed by atoms with Gasteiger partial charge in [-0.05, 0) is 30.6 Å². The molecule has 3 atom stereocenters. The minimum atomic E-state index is -0.519. The third-order valence-corrected chi connectivity index (χ3v) is 6.13. The molecule has 0 aromatic rings. The van der Waals surface area contributed by atoms with Crippen LogP contribution in [0.4, 0.5) is 0 Å². The van der Waals surface area contributed by atoms with E-state index >= 15 is 0 Å². The summed E-state index contributed by atoms with van der Waals surface area (Å²) >= 11 is 0. The van der Waals surface area contributed by atoms with Gasteiger partial charge in [0.2, 0.25) is 0 Å². The van der Waals surface area contributed by atoms with E-state index in [0.29, 0.717) is 25.7 Å². The topological polar surface area (TPSA) is 44.8 Å². The summed E-state index contributed by atoms with van der Waals surface area (Å²) in [6.45, 7) is 6.44. The molecule has 0 aromatic heterocycles. The van der Waals surface area contributed by atoms with Gasteiger partial charge in [0.1, 0.15) is 0 Å². The Balaban J connectivity index is 1.81. The van der Waals surface area contributed by atoms with Crippen molar-refractivity contribution in [3.63, 3.8) is 0 Å². The van der Waals surface area contributed by atoms with Crippen molar-refractivity contribution in [1.29, 1.82) is 0 Å². The van der Waals surface area contributed by atoms with E-state index in [4.69, 9.17) is 14.2 Å². The second-order valence-corrected chi connectivity index (χ2v) is 7.13. The molecule has 0 N–H and O–H groups in total. The van der Waals surface area contributed by atoms with Crippen LogP contribution < -0.4 is 0 Å². The summed E-state index contributed by atoms with van der Waals surface area (Å²) in [5.41, 5.74) is -0.228. The average molecular weight is 266 g/mol. The zero-order valence-corrected chi connectivity index (χ0v) is 11.7. The quantitative estimate of drug-likeness (QED) is 0.630. The molecule has 19 heavy (non-hydrogen) atoms. The van der Waals surface area contributed by atoms with E-state index in [1.165, 1.54) is 0 Å². The number of hydrogen-bond donors (Lipinski definition) is 0. The van der Waals surface area contributed by atoms with Crippen molar-refractivity contribution in [2.45, 2.75) is 45.3 Å². The van der Waals surface area contributed by atoms with Crippen molar-refractivity contribution >= 4 is 5.97 Å². The molecule has 4 fully saturated rings. The third-order valence-electron chi connectivity index (χ3n) is 6.13. The summed E-state index contributed by atoms with van der Waals surface area (Å²) in [6, 6.07) is 0. The van der Waals surface area contributed by atoms with Crippen LogP contribution in [0.25, 0.3) is 0 Å². The van der Waals surface area contributed by atoms with Crippen LogP contribution >= 0.6 is 0 Å². The fourth-order valence-corrected chi connectivity index (χ4v) is 5.86. The maximum Gasteiger partial charge on any atom is 0.312 e. The van der Waals surface area contributed by atoms with Gasteiger partial charge in [-0.2, -0.15) is 0 Å². The number of rotatable bonds is 0. The van der Waals surface area contributed by atoms with Gasteiger partial charge in [-0.25, -0.2) is 0 Å². The van der Waals surface area contributed by atoms with Gasteiger partial charge in [0.05, 0.1) is 25.2 Å². The summed E-state index contributed by atoms with van der Waals surface area (Å²) in [7, 11) is 0. The van der Waals surface area contributed by atoms with Gasteiger partial charge in [0.25, 0.3) is 0 Å². The van der Waals surface area contributed by atoms with Crippen molar-refractivity contribution in [3.8, 4) is 0 Å². The Labute approximate surface area is 113 Å². The molecule has 2 aliphatic heterocycles. The van der Waals surface area contributed by atoms with E-state index in [2.05, 4.69) is 13.8 Å². The Kier molecular flexibility index (Phi) is 2.26. The molecule has 2 heterocycles. The fourth-order valence-electron chi connectivity index (χ4n) is 5.86. The van der Waals surface area contributed by atoms with E-state index < -0.39 is 5.79 Å². The van der Waals surface area contributed by atoms with Gasteiger partial charge in [0.15, 0.2) is 5.79 Å². The van der Waals surface area contributed by atoms with Gasteiger partial charge >= 0.3 is 5.97 Å². The molecular formula is C15H22O4. The first kappa shape index (κ1) is 12.2. The second-order valence-electron chi connectivity index (χ2n) is 7.13. The molecule has 0 radical (unpaired) electrons. The minimum absolute atomic E-state index is 0.00579. The van der Waals surface area contributed by atoms with Crippen LogP contribution in [-0.4, -0.2) is 31.6 Å². The monoisotopic (exact) mass is 266 g/mol. The highest BCUT2D eigenvalue weighted by molar-refractivity contribution is 5.81. The van der Waals surface area contributed by atoms with Crippen molar-refractivity contribution in [3.05, 3.63) is 0 Å². The fraction of sp³-hybridized carbons (Fsp3) is 0.933. The minimum Gasteiger partial charge on any atom is -0.465 e. The Hall–Kier alpha value is -0.610. The molecule has 0 aromatic carbocycles. The first-order valence-electron chi connectivity index (χ1n) is 7.49. The lowest BCUT2D eigenvalue weighted by Gasteiger charge is -2.71. The number of esters is 1. The maximum atomic E-state index is 12.5. The lowest BCUT2D eigenvalue weighted by Crippen LogP contribution is -2.76. The highest BCUT2D eigenvalue weighted by Crippen LogP contribution is 2.74. The molecule has 106 valence electrons. The Morgan fingerprint density at radius 1 is 1.11 bits per heavy atom. The average Bonchev–Trinajstić information content (AvgIpc) is 2.80. The molecule has 2 aliphatic carbocycles. The SMILES string of the molecule is CC1(C)C2CCOC(=O)[C@]23CCCC2(OCCO2)[C@H]13. The van der Waals surface area contributed by atoms with Crippen LogP contribution in [-0.2, 0) is 19.0 Å². The highest BCUT2D eigenvalue weighted by Gasteiger charge is 2.78. The van der Waals surface area contributed by atoms with Crippen LogP contribution in [0.2, 0.25) is 0 Å². The Morgan fingerprint density at radius 2 is 1.84 bits per heavy atom. The highest BCUT2D eigenvalue weighted by atomic mass is 16.7. The molecule has 2 saturated carbocycles. The molecule has 1 unspecified atom stereocenters. The zero-order valence-electron chi connectivity index (χ0n) is 11.7. The van der Waals surface area contributed by atoms with Crippen molar-refractivity contribution < 1.29 is 19.0 Å². The first-order chi connectivity index (χ1) is 9.04. The first-order valence-corrected chi connectivity index (χ1v) is 7.49. The van der Waals surface area contributed by atoms with E-state index in [-0.39, 0.29) is 22.7 Å². The molecule has 4 heteroatoms. The number of fused-ring (bicyclic) bond motifs is 1. The Morgan fingerprint density at radius 3 is 2.58 bits per heavy atom. The molecular weight excluding hydrogens is 244 g/mol.